The predicted octanol–water partition coefficient (Wildman–Crippen LogP) is 3.39. The summed E-state index contributed by atoms with van der Waals surface area (Å²) >= 11 is 5.15. The minimum atomic E-state index is -2.70. The molecule has 148 valence electrons. The summed E-state index contributed by atoms with van der Waals surface area (Å²) in [5.74, 6) is 1.24. The Kier molecular flexibility index (Phi) is 5.14. The van der Waals surface area contributed by atoms with Gasteiger partial charge in [0.25, 0.3) is 0 Å². The molecule has 4 N–H and O–H groups in total. The van der Waals surface area contributed by atoms with Gasteiger partial charge in [-0.3, -0.25) is 5.10 Å². The Balaban J connectivity index is 1.58. The number of nitrogens with zero attached hydrogens (tertiary/aromatic N) is 3. The van der Waals surface area contributed by atoms with Crippen LogP contribution in [0.1, 0.15) is 5.56 Å². The molecule has 0 aliphatic carbocycles. The van der Waals surface area contributed by atoms with E-state index < -0.39 is 8.68 Å². The summed E-state index contributed by atoms with van der Waals surface area (Å²) in [7, 11) is -1.11. The maximum Gasteiger partial charge on any atom is 0.135 e. The van der Waals surface area contributed by atoms with Gasteiger partial charge in [0.05, 0.1) is 16.6 Å². The van der Waals surface area contributed by atoms with E-state index in [2.05, 4.69) is 35.5 Å². The highest BCUT2D eigenvalue weighted by Gasteiger charge is 2.10. The number of hydrogen-bond donors (Lipinski definition) is 4. The molecule has 29 heavy (non-hydrogen) atoms. The van der Waals surface area contributed by atoms with Crippen molar-refractivity contribution in [2.75, 3.05) is 17.7 Å². The lowest BCUT2D eigenvalue weighted by molar-refractivity contribution is 0.676. The molecule has 0 fully saturated rings. The number of aryl methyl sites for hydroxylation is 1. The second-order valence-corrected chi connectivity index (χ2v) is 9.69. The minimum absolute atomic E-state index is 0.545. The molecular formula is C19H19N7OS2. The first-order valence-corrected chi connectivity index (χ1v) is 11.3. The molecule has 2 heterocycles. The van der Waals surface area contributed by atoms with Crippen LogP contribution >= 0.6 is 0 Å². The van der Waals surface area contributed by atoms with Crippen LogP contribution in [0, 0.1) is 6.92 Å². The van der Waals surface area contributed by atoms with Crippen LogP contribution in [-0.4, -0.2) is 31.4 Å². The third-order valence-corrected chi connectivity index (χ3v) is 6.92. The number of fused-ring (bicyclic) bond motifs is 1. The molecule has 0 bridgehead atoms. The van der Waals surface area contributed by atoms with Crippen molar-refractivity contribution in [2.45, 2.75) is 11.8 Å². The summed E-state index contributed by atoms with van der Waals surface area (Å²) in [5.41, 5.74) is 3.57. The summed E-state index contributed by atoms with van der Waals surface area (Å²) in [4.78, 5) is 9.10. The first-order chi connectivity index (χ1) is 13.9. The zero-order valence-electron chi connectivity index (χ0n) is 15.8. The Bertz CT molecular complexity index is 1280. The third kappa shape index (κ3) is 4.19. The quantitative estimate of drug-likeness (QED) is 0.375. The van der Waals surface area contributed by atoms with Crippen LogP contribution in [0.25, 0.3) is 10.9 Å². The van der Waals surface area contributed by atoms with Crippen molar-refractivity contribution in [3.63, 3.8) is 0 Å². The van der Waals surface area contributed by atoms with Gasteiger partial charge in [0.2, 0.25) is 0 Å². The number of anilines is 4. The smallest absolute Gasteiger partial charge is 0.135 e. The van der Waals surface area contributed by atoms with Crippen molar-refractivity contribution in [1.29, 1.82) is 0 Å². The standard InChI is InChI=1S/C19H19N7OS2/c1-12-3-6-15(29(27,28)20-2)8-16(12)25-19-9-18(21-11-22-19)24-14-5-4-13-10-23-26-17(13)7-14/h3-11,20H,1-2H3,(H,23,26)(H2,21,22,24,25). The molecule has 4 rings (SSSR count). The molecule has 4 aromatic rings. The molecular weight excluding hydrogens is 406 g/mol. The zero-order valence-corrected chi connectivity index (χ0v) is 17.4. The van der Waals surface area contributed by atoms with Crippen LogP contribution in [0.3, 0.4) is 0 Å². The van der Waals surface area contributed by atoms with E-state index in [-0.39, 0.29) is 0 Å². The van der Waals surface area contributed by atoms with Crippen molar-refractivity contribution in [3.8, 4) is 0 Å². The van der Waals surface area contributed by atoms with E-state index in [0.29, 0.717) is 16.5 Å². The van der Waals surface area contributed by atoms with Crippen LogP contribution in [0.4, 0.5) is 23.0 Å². The van der Waals surface area contributed by atoms with Crippen LogP contribution in [0.5, 0.6) is 0 Å². The van der Waals surface area contributed by atoms with Gasteiger partial charge in [-0.2, -0.15) is 5.10 Å². The lowest BCUT2D eigenvalue weighted by Gasteiger charge is -2.13. The van der Waals surface area contributed by atoms with Crippen molar-refractivity contribution in [2.24, 2.45) is 0 Å². The molecule has 0 saturated heterocycles. The number of aromatic nitrogens is 4. The van der Waals surface area contributed by atoms with E-state index >= 15 is 0 Å². The van der Waals surface area contributed by atoms with Gasteiger partial charge in [-0.15, -0.1) is 0 Å². The number of aromatic amines is 1. The van der Waals surface area contributed by atoms with Crippen LogP contribution < -0.4 is 15.4 Å². The summed E-state index contributed by atoms with van der Waals surface area (Å²) in [6, 6.07) is 13.1. The van der Waals surface area contributed by atoms with Gasteiger partial charge in [0.1, 0.15) is 26.6 Å². The largest absolute Gasteiger partial charge is 0.340 e. The van der Waals surface area contributed by atoms with Crippen LogP contribution in [0.2, 0.25) is 0 Å². The SMILES string of the molecule is CNS(=O)(=S)c1ccc(C)c(Nc2cc(Nc3ccc4cn[nH]c4c3)ncn2)c1. The first-order valence-electron chi connectivity index (χ1n) is 8.78. The van der Waals surface area contributed by atoms with Gasteiger partial charge < -0.3 is 10.6 Å². The summed E-state index contributed by atoms with van der Waals surface area (Å²) in [5, 5.41) is 14.5. The van der Waals surface area contributed by atoms with Crippen molar-refractivity contribution in [1.82, 2.24) is 24.9 Å². The van der Waals surface area contributed by atoms with E-state index in [1.54, 1.807) is 31.4 Å². The van der Waals surface area contributed by atoms with Crippen molar-refractivity contribution in [3.05, 3.63) is 60.6 Å². The average Bonchev–Trinajstić information content (AvgIpc) is 3.18. The molecule has 1 unspecified atom stereocenters. The molecule has 0 saturated carbocycles. The Morgan fingerprint density at radius 2 is 1.83 bits per heavy atom. The average molecular weight is 426 g/mol. The molecule has 0 amide bonds. The number of nitrogens with one attached hydrogen (secondary N) is 4. The molecule has 2 aromatic carbocycles. The molecule has 0 aliphatic rings. The van der Waals surface area contributed by atoms with Crippen LogP contribution in [-0.2, 0) is 19.9 Å². The zero-order chi connectivity index (χ0) is 20.4. The van der Waals surface area contributed by atoms with Gasteiger partial charge in [-0.25, -0.2) is 18.9 Å². The highest BCUT2D eigenvalue weighted by Crippen LogP contribution is 2.25. The summed E-state index contributed by atoms with van der Waals surface area (Å²) < 4.78 is 15.1. The van der Waals surface area contributed by atoms with Crippen molar-refractivity contribution >= 4 is 53.8 Å². The number of benzene rings is 2. The predicted molar refractivity (Wildman–Crippen MR) is 119 cm³/mol. The lowest BCUT2D eigenvalue weighted by Crippen LogP contribution is -2.17. The molecule has 2 aromatic heterocycles. The topological polar surface area (TPSA) is 108 Å². The van der Waals surface area contributed by atoms with E-state index in [9.17, 15) is 4.21 Å². The third-order valence-electron chi connectivity index (χ3n) is 4.43. The Hall–Kier alpha value is -3.08. The number of H-pyrrole nitrogens is 1. The van der Waals surface area contributed by atoms with Gasteiger partial charge in [-0.1, -0.05) is 6.07 Å². The van der Waals surface area contributed by atoms with Gasteiger partial charge in [-0.05, 0) is 49.9 Å². The number of rotatable bonds is 6. The minimum Gasteiger partial charge on any atom is -0.340 e. The summed E-state index contributed by atoms with van der Waals surface area (Å²) in [6.45, 7) is 1.96. The molecule has 10 heteroatoms. The highest BCUT2D eigenvalue weighted by molar-refractivity contribution is 8.31. The van der Waals surface area contributed by atoms with E-state index in [1.807, 2.05) is 31.2 Å². The maximum absolute atomic E-state index is 12.4. The summed E-state index contributed by atoms with van der Waals surface area (Å²) in [6.07, 6.45) is 3.25. The fourth-order valence-corrected chi connectivity index (χ4v) is 3.88. The number of hydrogen-bond acceptors (Lipinski definition) is 7. The van der Waals surface area contributed by atoms with Gasteiger partial charge in [0.15, 0.2) is 0 Å². The van der Waals surface area contributed by atoms with E-state index in [0.717, 1.165) is 27.8 Å². The Labute approximate surface area is 173 Å². The van der Waals surface area contributed by atoms with Crippen molar-refractivity contribution < 1.29 is 4.21 Å². The highest BCUT2D eigenvalue weighted by atomic mass is 32.8. The molecule has 0 radical (unpaired) electrons. The van der Waals surface area contributed by atoms with Gasteiger partial charge in [0, 0.05) is 34.0 Å². The van der Waals surface area contributed by atoms with E-state index in [4.69, 9.17) is 11.2 Å². The van der Waals surface area contributed by atoms with E-state index in [1.165, 1.54) is 6.33 Å². The Morgan fingerprint density at radius 3 is 2.62 bits per heavy atom. The molecule has 0 aliphatic heterocycles. The maximum atomic E-state index is 12.4. The lowest BCUT2D eigenvalue weighted by atomic mass is 10.2. The van der Waals surface area contributed by atoms with Crippen LogP contribution in [0.15, 0.2) is 59.9 Å². The second-order valence-electron chi connectivity index (χ2n) is 6.39. The second kappa shape index (κ2) is 7.74. The molecule has 8 nitrogen and oxygen atoms in total. The molecule has 0 spiro atoms. The van der Waals surface area contributed by atoms with Gasteiger partial charge >= 0.3 is 0 Å². The fraction of sp³-hybridized carbons (Fsp3) is 0.105. The first kappa shape index (κ1) is 19.2. The monoisotopic (exact) mass is 425 g/mol. The normalized spacial score (nSPS) is 13.2. The fourth-order valence-electron chi connectivity index (χ4n) is 2.82. The molecule has 1 atom stereocenters. The Morgan fingerprint density at radius 1 is 1.03 bits per heavy atom.